The van der Waals surface area contributed by atoms with E-state index in [-0.39, 0.29) is 6.04 Å². The van der Waals surface area contributed by atoms with Crippen LogP contribution in [0.2, 0.25) is 0 Å². The summed E-state index contributed by atoms with van der Waals surface area (Å²) in [5, 5.41) is 7.34. The Morgan fingerprint density at radius 2 is 2.08 bits per heavy atom. The summed E-state index contributed by atoms with van der Waals surface area (Å²) in [7, 11) is 1.70. The first kappa shape index (κ1) is 17.5. The van der Waals surface area contributed by atoms with Crippen LogP contribution in [0.25, 0.3) is 0 Å². The number of rotatable bonds is 5. The lowest BCUT2D eigenvalue weighted by atomic mass is 9.87. The first-order chi connectivity index (χ1) is 12.2. The Morgan fingerprint density at radius 1 is 1.20 bits per heavy atom. The van der Waals surface area contributed by atoms with Crippen molar-refractivity contribution in [2.45, 2.75) is 32.2 Å². The summed E-state index contributed by atoms with van der Waals surface area (Å²) >= 11 is 5.51. The lowest BCUT2D eigenvalue weighted by Gasteiger charge is -2.28. The Kier molecular flexibility index (Phi) is 5.76. The van der Waals surface area contributed by atoms with Crippen molar-refractivity contribution in [3.63, 3.8) is 0 Å². The van der Waals surface area contributed by atoms with Gasteiger partial charge >= 0.3 is 0 Å². The molecule has 1 atom stereocenters. The minimum atomic E-state index is 0.227. The third-order valence-corrected chi connectivity index (χ3v) is 4.59. The van der Waals surface area contributed by atoms with Crippen molar-refractivity contribution in [3.8, 4) is 11.5 Å². The fourth-order valence-electron chi connectivity index (χ4n) is 3.22. The molecule has 0 radical (unpaired) electrons. The average Bonchev–Trinajstić information content (AvgIpc) is 2.62. The number of aryl methyl sites for hydroxylation is 1. The number of ether oxygens (including phenoxy) is 2. The van der Waals surface area contributed by atoms with Gasteiger partial charge in [0.1, 0.15) is 11.5 Å². The molecule has 0 heterocycles. The lowest BCUT2D eigenvalue weighted by molar-refractivity contribution is 0.340. The highest BCUT2D eigenvalue weighted by Gasteiger charge is 2.21. The number of nitrogens with one attached hydrogen (secondary N) is 2. The summed E-state index contributed by atoms with van der Waals surface area (Å²) in [6, 6.07) is 14.3. The number of anilines is 1. The van der Waals surface area contributed by atoms with E-state index < -0.39 is 0 Å². The topological polar surface area (TPSA) is 42.5 Å². The maximum absolute atomic E-state index is 5.53. The number of thiocarbonyl (C=S) groups is 1. The summed E-state index contributed by atoms with van der Waals surface area (Å²) in [6.07, 6.45) is 3.29. The molecule has 0 aromatic heterocycles. The molecule has 5 heteroatoms. The van der Waals surface area contributed by atoms with E-state index in [4.69, 9.17) is 21.7 Å². The smallest absolute Gasteiger partial charge is 0.171 e. The third kappa shape index (κ3) is 4.42. The number of hydrogen-bond donors (Lipinski definition) is 2. The molecule has 0 bridgehead atoms. The van der Waals surface area contributed by atoms with Crippen LogP contribution < -0.4 is 20.1 Å². The molecule has 2 aromatic carbocycles. The second-order valence-electron chi connectivity index (χ2n) is 6.07. The third-order valence-electron chi connectivity index (χ3n) is 4.37. The standard InChI is InChI=1S/C20H24N2O2S/c1-3-24-17-8-5-7-15(13-17)21-20(25)22-19-9-4-6-14-12-16(23-2)10-11-18(14)19/h5,7-8,10-13,19H,3-4,6,9H2,1-2H3,(H2,21,22,25). The fourth-order valence-corrected chi connectivity index (χ4v) is 3.48. The summed E-state index contributed by atoms with van der Waals surface area (Å²) < 4.78 is 10.9. The summed E-state index contributed by atoms with van der Waals surface area (Å²) in [5.41, 5.74) is 3.57. The van der Waals surface area contributed by atoms with Gasteiger partial charge in [-0.15, -0.1) is 0 Å². The summed E-state index contributed by atoms with van der Waals surface area (Å²) in [4.78, 5) is 0. The van der Waals surface area contributed by atoms with Crippen molar-refractivity contribution in [1.82, 2.24) is 5.32 Å². The van der Waals surface area contributed by atoms with Gasteiger partial charge in [-0.3, -0.25) is 0 Å². The quantitative estimate of drug-likeness (QED) is 0.775. The van der Waals surface area contributed by atoms with E-state index in [1.54, 1.807) is 7.11 Å². The van der Waals surface area contributed by atoms with E-state index >= 15 is 0 Å². The Balaban J connectivity index is 1.67. The van der Waals surface area contributed by atoms with Gasteiger partial charge in [0.05, 0.1) is 19.8 Å². The molecule has 2 N–H and O–H groups in total. The summed E-state index contributed by atoms with van der Waals surface area (Å²) in [6.45, 7) is 2.62. The van der Waals surface area contributed by atoms with Crippen LogP contribution in [0, 0.1) is 0 Å². The Labute approximate surface area is 154 Å². The second-order valence-corrected chi connectivity index (χ2v) is 6.48. The number of fused-ring (bicyclic) bond motifs is 1. The maximum Gasteiger partial charge on any atom is 0.171 e. The first-order valence-electron chi connectivity index (χ1n) is 8.66. The van der Waals surface area contributed by atoms with Crippen LogP contribution in [0.15, 0.2) is 42.5 Å². The Hall–Kier alpha value is -2.27. The molecule has 0 saturated carbocycles. The molecule has 0 fully saturated rings. The molecule has 1 aliphatic rings. The van der Waals surface area contributed by atoms with Gasteiger partial charge in [0.2, 0.25) is 0 Å². The van der Waals surface area contributed by atoms with Crippen LogP contribution >= 0.6 is 12.2 Å². The second kappa shape index (κ2) is 8.21. The van der Waals surface area contributed by atoms with E-state index in [2.05, 4.69) is 22.8 Å². The zero-order valence-corrected chi connectivity index (χ0v) is 15.5. The van der Waals surface area contributed by atoms with Crippen LogP contribution in [-0.2, 0) is 6.42 Å². The van der Waals surface area contributed by atoms with E-state index in [1.165, 1.54) is 11.1 Å². The number of hydrogen-bond acceptors (Lipinski definition) is 3. The molecule has 1 unspecified atom stereocenters. The van der Waals surface area contributed by atoms with Crippen LogP contribution in [0.1, 0.15) is 36.9 Å². The van der Waals surface area contributed by atoms with Gasteiger partial charge in [-0.05, 0) is 73.8 Å². The van der Waals surface area contributed by atoms with Gasteiger partial charge in [-0.1, -0.05) is 12.1 Å². The van der Waals surface area contributed by atoms with Crippen LogP contribution in [-0.4, -0.2) is 18.8 Å². The predicted octanol–water partition coefficient (Wildman–Crippen LogP) is 4.46. The predicted molar refractivity (Wildman–Crippen MR) is 106 cm³/mol. The van der Waals surface area contributed by atoms with Crippen molar-refractivity contribution in [2.24, 2.45) is 0 Å². The van der Waals surface area contributed by atoms with Gasteiger partial charge < -0.3 is 20.1 Å². The minimum Gasteiger partial charge on any atom is -0.497 e. The largest absolute Gasteiger partial charge is 0.497 e. The Bertz CT molecular complexity index is 748. The molecule has 2 aromatic rings. The van der Waals surface area contributed by atoms with Gasteiger partial charge in [0.25, 0.3) is 0 Å². The van der Waals surface area contributed by atoms with Crippen molar-refractivity contribution < 1.29 is 9.47 Å². The molecular formula is C20H24N2O2S. The van der Waals surface area contributed by atoms with E-state index in [0.717, 1.165) is 36.4 Å². The van der Waals surface area contributed by atoms with Crippen molar-refractivity contribution >= 4 is 23.0 Å². The molecule has 4 nitrogen and oxygen atoms in total. The average molecular weight is 356 g/mol. The molecule has 3 rings (SSSR count). The highest BCUT2D eigenvalue weighted by Crippen LogP contribution is 2.32. The van der Waals surface area contributed by atoms with Gasteiger partial charge in [-0.2, -0.15) is 0 Å². The van der Waals surface area contributed by atoms with E-state index in [1.807, 2.05) is 37.3 Å². The molecule has 0 aliphatic heterocycles. The fraction of sp³-hybridized carbons (Fsp3) is 0.350. The van der Waals surface area contributed by atoms with Crippen molar-refractivity contribution in [1.29, 1.82) is 0 Å². The van der Waals surface area contributed by atoms with Crippen molar-refractivity contribution in [3.05, 3.63) is 53.6 Å². The molecule has 0 amide bonds. The zero-order valence-electron chi connectivity index (χ0n) is 14.7. The highest BCUT2D eigenvalue weighted by atomic mass is 32.1. The zero-order chi connectivity index (χ0) is 17.6. The normalized spacial score (nSPS) is 15.8. The number of benzene rings is 2. The van der Waals surface area contributed by atoms with Crippen LogP contribution in [0.5, 0.6) is 11.5 Å². The lowest BCUT2D eigenvalue weighted by Crippen LogP contribution is -2.34. The van der Waals surface area contributed by atoms with Gasteiger partial charge in [0, 0.05) is 11.8 Å². The van der Waals surface area contributed by atoms with Crippen LogP contribution in [0.4, 0.5) is 5.69 Å². The Morgan fingerprint density at radius 3 is 2.88 bits per heavy atom. The summed E-state index contributed by atoms with van der Waals surface area (Å²) in [5.74, 6) is 1.75. The van der Waals surface area contributed by atoms with Crippen molar-refractivity contribution in [2.75, 3.05) is 19.0 Å². The molecule has 132 valence electrons. The molecule has 25 heavy (non-hydrogen) atoms. The molecule has 1 aliphatic carbocycles. The van der Waals surface area contributed by atoms with Gasteiger partial charge in [0.15, 0.2) is 5.11 Å². The monoisotopic (exact) mass is 356 g/mol. The molecular weight excluding hydrogens is 332 g/mol. The van der Waals surface area contributed by atoms with Crippen LogP contribution in [0.3, 0.4) is 0 Å². The first-order valence-corrected chi connectivity index (χ1v) is 9.07. The van der Waals surface area contributed by atoms with E-state index in [9.17, 15) is 0 Å². The minimum absolute atomic E-state index is 0.227. The maximum atomic E-state index is 5.53. The number of methoxy groups -OCH3 is 1. The van der Waals surface area contributed by atoms with E-state index in [0.29, 0.717) is 11.7 Å². The highest BCUT2D eigenvalue weighted by molar-refractivity contribution is 7.80. The molecule has 0 saturated heterocycles. The van der Waals surface area contributed by atoms with Gasteiger partial charge in [-0.25, -0.2) is 0 Å². The molecule has 0 spiro atoms. The SMILES string of the molecule is CCOc1cccc(NC(=S)NC2CCCc3cc(OC)ccc32)c1.